The van der Waals surface area contributed by atoms with Crippen molar-refractivity contribution < 1.29 is 13.2 Å². The summed E-state index contributed by atoms with van der Waals surface area (Å²) in [6.45, 7) is 28.6. The zero-order valence-electron chi connectivity index (χ0n) is 41.1. The highest BCUT2D eigenvalue weighted by molar-refractivity contribution is 6.12. The fraction of sp³-hybridized carbons (Fsp3) is 0.295. The number of alkyl halides is 3. The quantitative estimate of drug-likeness (QED) is 0.173. The maximum atomic E-state index is 14.0. The van der Waals surface area contributed by atoms with Crippen LogP contribution in [-0.4, -0.2) is 9.13 Å². The Bertz CT molecular complexity index is 3360. The smallest absolute Gasteiger partial charge is 0.309 e. The van der Waals surface area contributed by atoms with E-state index in [1.165, 1.54) is 34.4 Å². The number of aromatic nitrogens is 2. The molecular formula is C61H60F3N3. The summed E-state index contributed by atoms with van der Waals surface area (Å²) < 4.78 is 46.8. The molecular weight excluding hydrogens is 832 g/mol. The van der Waals surface area contributed by atoms with E-state index in [9.17, 15) is 18.4 Å². The van der Waals surface area contributed by atoms with E-state index < -0.39 is 11.7 Å². The summed E-state index contributed by atoms with van der Waals surface area (Å²) in [4.78, 5) is 0. The summed E-state index contributed by atoms with van der Waals surface area (Å²) in [6.07, 6.45) is -4.47. The number of halogens is 3. The maximum Gasteiger partial charge on any atom is 0.416 e. The second kappa shape index (κ2) is 15.5. The van der Waals surface area contributed by atoms with Crippen LogP contribution >= 0.6 is 0 Å². The highest BCUT2D eigenvalue weighted by Crippen LogP contribution is 2.45. The van der Waals surface area contributed by atoms with E-state index in [-0.39, 0.29) is 21.7 Å². The molecule has 67 heavy (non-hydrogen) atoms. The highest BCUT2D eigenvalue weighted by Gasteiger charge is 2.31. The lowest BCUT2D eigenvalue weighted by molar-refractivity contribution is -0.137. The van der Waals surface area contributed by atoms with Crippen molar-refractivity contribution in [2.45, 2.75) is 118 Å². The summed E-state index contributed by atoms with van der Waals surface area (Å²) >= 11 is 0. The molecule has 2 aromatic heterocycles. The molecule has 9 aromatic rings. The van der Waals surface area contributed by atoms with Crippen LogP contribution < -0.4 is 0 Å². The number of nitriles is 1. The average Bonchev–Trinajstić information content (AvgIpc) is 3.75. The molecule has 0 fully saturated rings. The molecule has 3 nitrogen and oxygen atoms in total. The van der Waals surface area contributed by atoms with Crippen molar-refractivity contribution >= 4 is 43.6 Å². The van der Waals surface area contributed by atoms with Gasteiger partial charge in [0, 0.05) is 32.7 Å². The topological polar surface area (TPSA) is 33.6 Å². The lowest BCUT2D eigenvalue weighted by Gasteiger charge is -2.22. The molecule has 0 spiro atoms. The van der Waals surface area contributed by atoms with Crippen LogP contribution in [-0.2, 0) is 27.8 Å². The molecule has 0 N–H and O–H groups in total. The standard InChI is InChI=1S/C61H60F3N3/c1-36-28-43(61(62,63)64)16-21-44(36)38-15-23-52(67-55-26-19-41(59(8,9)10)33-49(55)50-34-42(60(11,12)13)20-27-56(50)67)46(30-38)45-29-37(35-65)14-22-51(45)66-53-24-17-39(57(2,3)4)31-47(53)48-32-40(58(5,6)7)18-25-54(48)66/h14-34H,1-13H3. The third-order valence-corrected chi connectivity index (χ3v) is 13.8. The Hall–Kier alpha value is -6.58. The second-order valence-corrected chi connectivity index (χ2v) is 22.7. The van der Waals surface area contributed by atoms with E-state index in [0.29, 0.717) is 16.7 Å². The number of benzene rings is 7. The van der Waals surface area contributed by atoms with E-state index in [2.05, 4.69) is 189 Å². The van der Waals surface area contributed by atoms with Gasteiger partial charge in [-0.25, -0.2) is 0 Å². The Morgan fingerprint density at radius 3 is 1.09 bits per heavy atom. The van der Waals surface area contributed by atoms with E-state index in [4.69, 9.17) is 0 Å². The molecule has 0 radical (unpaired) electrons. The SMILES string of the molecule is Cc1cc(C(F)(F)F)ccc1-c1ccc(-n2c3ccc(C(C)(C)C)cc3c3cc(C(C)(C)C)ccc32)c(-c2cc(C#N)ccc2-n2c3ccc(C(C)(C)C)cc3c3cc(C(C)(C)C)ccc32)c1. The van der Waals surface area contributed by atoms with Crippen molar-refractivity contribution in [3.63, 3.8) is 0 Å². The van der Waals surface area contributed by atoms with Crippen LogP contribution in [0.15, 0.2) is 127 Å². The molecule has 0 aliphatic carbocycles. The maximum absolute atomic E-state index is 14.0. The number of aryl methyl sites for hydroxylation is 1. The van der Waals surface area contributed by atoms with E-state index in [1.807, 2.05) is 18.2 Å². The Balaban J connectivity index is 1.43. The lowest BCUT2D eigenvalue weighted by atomic mass is 9.85. The van der Waals surface area contributed by atoms with Gasteiger partial charge < -0.3 is 9.13 Å². The summed E-state index contributed by atoms with van der Waals surface area (Å²) in [5.41, 5.74) is 14.0. The molecule has 2 heterocycles. The van der Waals surface area contributed by atoms with Crippen LogP contribution in [0.4, 0.5) is 13.2 Å². The zero-order valence-corrected chi connectivity index (χ0v) is 41.1. The van der Waals surface area contributed by atoms with Crippen molar-refractivity contribution in [2.24, 2.45) is 0 Å². The van der Waals surface area contributed by atoms with Gasteiger partial charge in [-0.3, -0.25) is 0 Å². The minimum absolute atomic E-state index is 0.0841. The largest absolute Gasteiger partial charge is 0.416 e. The van der Waals surface area contributed by atoms with Gasteiger partial charge in [0.15, 0.2) is 0 Å². The molecule has 7 aromatic carbocycles. The van der Waals surface area contributed by atoms with Crippen molar-refractivity contribution in [3.8, 4) is 39.7 Å². The highest BCUT2D eigenvalue weighted by atomic mass is 19.4. The predicted molar refractivity (Wildman–Crippen MR) is 275 cm³/mol. The molecule has 0 unspecified atom stereocenters. The van der Waals surface area contributed by atoms with Crippen LogP contribution in [0.1, 0.15) is 122 Å². The van der Waals surface area contributed by atoms with Gasteiger partial charge in [0.2, 0.25) is 0 Å². The van der Waals surface area contributed by atoms with Crippen LogP contribution in [0, 0.1) is 18.3 Å². The predicted octanol–water partition coefficient (Wildman–Crippen LogP) is 17.6. The third kappa shape index (κ3) is 8.01. The summed E-state index contributed by atoms with van der Waals surface area (Å²) in [7, 11) is 0. The molecule has 0 aliphatic heterocycles. The first-order valence-corrected chi connectivity index (χ1v) is 23.3. The number of rotatable bonds is 4. The van der Waals surface area contributed by atoms with Gasteiger partial charge in [-0.2, -0.15) is 18.4 Å². The van der Waals surface area contributed by atoms with E-state index in [1.54, 1.807) is 13.0 Å². The first kappa shape index (κ1) is 45.6. The molecule has 9 rings (SSSR count). The van der Waals surface area contributed by atoms with Gasteiger partial charge in [0.1, 0.15) is 0 Å². The van der Waals surface area contributed by atoms with Crippen molar-refractivity contribution in [2.75, 3.05) is 0 Å². The van der Waals surface area contributed by atoms with Gasteiger partial charge in [0.05, 0.1) is 50.6 Å². The van der Waals surface area contributed by atoms with Gasteiger partial charge >= 0.3 is 6.18 Å². The monoisotopic (exact) mass is 891 g/mol. The normalized spacial score (nSPS) is 13.1. The number of nitrogens with zero attached hydrogens (tertiary/aromatic N) is 3. The fourth-order valence-electron chi connectivity index (χ4n) is 9.73. The lowest BCUT2D eigenvalue weighted by Crippen LogP contribution is -2.10. The Morgan fingerprint density at radius 2 is 0.746 bits per heavy atom. The minimum Gasteiger partial charge on any atom is -0.309 e. The molecule has 6 heteroatoms. The Morgan fingerprint density at radius 1 is 0.388 bits per heavy atom. The van der Waals surface area contributed by atoms with Crippen molar-refractivity contribution in [1.29, 1.82) is 5.26 Å². The van der Waals surface area contributed by atoms with E-state index in [0.717, 1.165) is 71.7 Å². The van der Waals surface area contributed by atoms with Gasteiger partial charge in [0.25, 0.3) is 0 Å². The summed E-state index contributed by atoms with van der Waals surface area (Å²) in [5, 5.41) is 15.2. The summed E-state index contributed by atoms with van der Waals surface area (Å²) in [6, 6.07) is 45.7. The van der Waals surface area contributed by atoms with Crippen LogP contribution in [0.25, 0.3) is 77.2 Å². The fourth-order valence-corrected chi connectivity index (χ4v) is 9.73. The number of hydrogen-bond donors (Lipinski definition) is 0. The van der Waals surface area contributed by atoms with Crippen molar-refractivity contribution in [3.05, 3.63) is 166 Å². The number of hydrogen-bond acceptors (Lipinski definition) is 1. The molecule has 0 bridgehead atoms. The Kier molecular flexibility index (Phi) is 10.5. The number of fused-ring (bicyclic) bond motifs is 6. The minimum atomic E-state index is -4.47. The van der Waals surface area contributed by atoms with Crippen LogP contribution in [0.5, 0.6) is 0 Å². The molecule has 340 valence electrons. The Labute approximate surface area is 393 Å². The van der Waals surface area contributed by atoms with Gasteiger partial charge in [-0.1, -0.05) is 119 Å². The van der Waals surface area contributed by atoms with Gasteiger partial charge in [-0.15, -0.1) is 0 Å². The molecule has 0 saturated heterocycles. The molecule has 0 aliphatic rings. The molecule has 0 saturated carbocycles. The van der Waals surface area contributed by atoms with Crippen LogP contribution in [0.3, 0.4) is 0 Å². The average molecular weight is 892 g/mol. The van der Waals surface area contributed by atoms with Crippen molar-refractivity contribution in [1.82, 2.24) is 9.13 Å². The summed E-state index contributed by atoms with van der Waals surface area (Å²) in [5.74, 6) is 0. The van der Waals surface area contributed by atoms with Crippen LogP contribution in [0.2, 0.25) is 0 Å². The third-order valence-electron chi connectivity index (χ3n) is 13.8. The van der Waals surface area contributed by atoms with E-state index >= 15 is 0 Å². The van der Waals surface area contributed by atoms with Gasteiger partial charge in [-0.05, 0) is 159 Å². The zero-order chi connectivity index (χ0) is 48.3. The molecule has 0 atom stereocenters. The first-order valence-electron chi connectivity index (χ1n) is 23.3. The molecule has 0 amide bonds. The first-order chi connectivity index (χ1) is 31.2. The second-order valence-electron chi connectivity index (χ2n) is 22.7.